The molecule has 0 aliphatic rings. The zero-order valence-electron chi connectivity index (χ0n) is 9.39. The van der Waals surface area contributed by atoms with Crippen molar-refractivity contribution >= 4 is 17.5 Å². The first-order chi connectivity index (χ1) is 7.54. The average Bonchev–Trinajstić information content (AvgIpc) is 2.17. The Balaban J connectivity index is 2.73. The summed E-state index contributed by atoms with van der Waals surface area (Å²) < 4.78 is 12.8. The van der Waals surface area contributed by atoms with Crippen LogP contribution >= 0.6 is 11.6 Å². The summed E-state index contributed by atoms with van der Waals surface area (Å²) in [7, 11) is 0. The lowest BCUT2D eigenvalue weighted by atomic mass is 10.1. The Morgan fingerprint density at radius 1 is 1.56 bits per heavy atom. The van der Waals surface area contributed by atoms with E-state index in [2.05, 4.69) is 5.32 Å². The van der Waals surface area contributed by atoms with Gasteiger partial charge in [0.2, 0.25) is 0 Å². The van der Waals surface area contributed by atoms with Crippen LogP contribution in [0, 0.1) is 12.7 Å². The van der Waals surface area contributed by atoms with Crippen LogP contribution in [0.3, 0.4) is 0 Å². The van der Waals surface area contributed by atoms with Gasteiger partial charge in [-0.1, -0.05) is 0 Å². The molecule has 1 atom stereocenters. The molecule has 0 bridgehead atoms. The van der Waals surface area contributed by atoms with Gasteiger partial charge >= 0.3 is 0 Å². The summed E-state index contributed by atoms with van der Waals surface area (Å²) in [4.78, 5) is 11.8. The van der Waals surface area contributed by atoms with Gasteiger partial charge in [-0.3, -0.25) is 4.79 Å². The minimum atomic E-state index is -0.331. The molecule has 0 spiro atoms. The fourth-order valence-electron chi connectivity index (χ4n) is 1.42. The minimum absolute atomic E-state index is 0.0226. The van der Waals surface area contributed by atoms with E-state index in [1.807, 2.05) is 6.92 Å². The number of benzene rings is 1. The number of aryl methyl sites for hydroxylation is 1. The SMILES string of the molecule is Cc1cc(F)ccc1C(=O)NC(C)CCCl. The molecule has 0 aliphatic carbocycles. The quantitative estimate of drug-likeness (QED) is 0.810. The lowest BCUT2D eigenvalue weighted by molar-refractivity contribution is 0.0939. The maximum Gasteiger partial charge on any atom is 0.251 e. The topological polar surface area (TPSA) is 29.1 Å². The molecule has 16 heavy (non-hydrogen) atoms. The van der Waals surface area contributed by atoms with Gasteiger partial charge in [-0.2, -0.15) is 0 Å². The van der Waals surface area contributed by atoms with Crippen LogP contribution in [0.4, 0.5) is 4.39 Å². The molecule has 1 aromatic carbocycles. The second-order valence-electron chi connectivity index (χ2n) is 3.81. The number of alkyl halides is 1. The van der Waals surface area contributed by atoms with Gasteiger partial charge in [-0.25, -0.2) is 4.39 Å². The van der Waals surface area contributed by atoms with Crippen LogP contribution in [0.5, 0.6) is 0 Å². The fourth-order valence-corrected chi connectivity index (χ4v) is 1.75. The predicted octanol–water partition coefficient (Wildman–Crippen LogP) is 2.88. The van der Waals surface area contributed by atoms with E-state index >= 15 is 0 Å². The normalized spacial score (nSPS) is 12.2. The zero-order chi connectivity index (χ0) is 12.1. The molecule has 0 heterocycles. The van der Waals surface area contributed by atoms with Crippen LogP contribution in [0.2, 0.25) is 0 Å². The predicted molar refractivity (Wildman–Crippen MR) is 63.4 cm³/mol. The van der Waals surface area contributed by atoms with Crippen LogP contribution < -0.4 is 5.32 Å². The molecule has 4 heteroatoms. The lowest BCUT2D eigenvalue weighted by Crippen LogP contribution is -2.33. The summed E-state index contributed by atoms with van der Waals surface area (Å²) in [5.41, 5.74) is 1.14. The van der Waals surface area contributed by atoms with E-state index in [1.54, 1.807) is 6.92 Å². The Kier molecular flexibility index (Phi) is 4.74. The van der Waals surface area contributed by atoms with Crippen LogP contribution in [-0.4, -0.2) is 17.8 Å². The molecule has 88 valence electrons. The standard InChI is InChI=1S/C12H15ClFNO/c1-8-7-10(14)3-4-11(8)12(16)15-9(2)5-6-13/h3-4,7,9H,5-6H2,1-2H3,(H,15,16). The number of carbonyl (C=O) groups is 1. The molecule has 1 aromatic rings. The highest BCUT2D eigenvalue weighted by Crippen LogP contribution is 2.10. The molecule has 0 radical (unpaired) electrons. The second-order valence-corrected chi connectivity index (χ2v) is 4.19. The Bertz CT molecular complexity index is 381. The highest BCUT2D eigenvalue weighted by atomic mass is 35.5. The van der Waals surface area contributed by atoms with Gasteiger partial charge in [0.25, 0.3) is 5.91 Å². The van der Waals surface area contributed by atoms with Crippen molar-refractivity contribution in [3.05, 3.63) is 35.1 Å². The smallest absolute Gasteiger partial charge is 0.251 e. The number of hydrogen-bond acceptors (Lipinski definition) is 1. The highest BCUT2D eigenvalue weighted by Gasteiger charge is 2.11. The molecule has 2 nitrogen and oxygen atoms in total. The molecule has 0 saturated heterocycles. The second kappa shape index (κ2) is 5.85. The third kappa shape index (κ3) is 3.49. The monoisotopic (exact) mass is 243 g/mol. The Hall–Kier alpha value is -1.09. The molecule has 1 unspecified atom stereocenters. The molecule has 1 N–H and O–H groups in total. The summed E-state index contributed by atoms with van der Waals surface area (Å²) in [6.45, 7) is 3.60. The summed E-state index contributed by atoms with van der Waals surface area (Å²) in [5.74, 6) is -0.0119. The number of hydrogen-bond donors (Lipinski definition) is 1. The molecule has 0 saturated carbocycles. The average molecular weight is 244 g/mol. The Morgan fingerprint density at radius 2 is 2.25 bits per heavy atom. The van der Waals surface area contributed by atoms with E-state index in [0.29, 0.717) is 23.4 Å². The lowest BCUT2D eigenvalue weighted by Gasteiger charge is -2.13. The van der Waals surface area contributed by atoms with Gasteiger partial charge in [0.05, 0.1) is 0 Å². The first-order valence-corrected chi connectivity index (χ1v) is 5.71. The number of carbonyl (C=O) groups excluding carboxylic acids is 1. The molecular formula is C12H15ClFNO. The summed E-state index contributed by atoms with van der Waals surface area (Å²) in [6, 6.07) is 4.15. The minimum Gasteiger partial charge on any atom is -0.350 e. The van der Waals surface area contributed by atoms with E-state index in [4.69, 9.17) is 11.6 Å². The van der Waals surface area contributed by atoms with Crippen molar-refractivity contribution < 1.29 is 9.18 Å². The Labute approximate surface area is 99.8 Å². The largest absolute Gasteiger partial charge is 0.350 e. The van der Waals surface area contributed by atoms with Crippen molar-refractivity contribution in [2.75, 3.05) is 5.88 Å². The molecule has 0 aliphatic heterocycles. The van der Waals surface area contributed by atoms with Gasteiger partial charge in [0.1, 0.15) is 5.82 Å². The summed E-state index contributed by atoms with van der Waals surface area (Å²) in [5, 5.41) is 2.81. The molecular weight excluding hydrogens is 229 g/mol. The highest BCUT2D eigenvalue weighted by molar-refractivity contribution is 6.17. The van der Waals surface area contributed by atoms with Gasteiger partial charge in [0, 0.05) is 17.5 Å². The maximum atomic E-state index is 12.8. The van der Waals surface area contributed by atoms with Crippen molar-refractivity contribution in [2.24, 2.45) is 0 Å². The summed E-state index contributed by atoms with van der Waals surface area (Å²) in [6.07, 6.45) is 0.716. The van der Waals surface area contributed by atoms with E-state index in [9.17, 15) is 9.18 Å². The zero-order valence-corrected chi connectivity index (χ0v) is 10.1. The van der Waals surface area contributed by atoms with Gasteiger partial charge in [-0.05, 0) is 44.0 Å². The van der Waals surface area contributed by atoms with Crippen LogP contribution in [0.1, 0.15) is 29.3 Å². The van der Waals surface area contributed by atoms with E-state index in [1.165, 1.54) is 18.2 Å². The van der Waals surface area contributed by atoms with Gasteiger partial charge in [-0.15, -0.1) is 11.6 Å². The third-order valence-electron chi connectivity index (χ3n) is 2.35. The van der Waals surface area contributed by atoms with Crippen LogP contribution in [-0.2, 0) is 0 Å². The number of amides is 1. The van der Waals surface area contributed by atoms with Gasteiger partial charge in [0.15, 0.2) is 0 Å². The van der Waals surface area contributed by atoms with Crippen LogP contribution in [0.25, 0.3) is 0 Å². The maximum absolute atomic E-state index is 12.8. The number of nitrogens with one attached hydrogen (secondary N) is 1. The summed E-state index contributed by atoms with van der Waals surface area (Å²) >= 11 is 5.58. The van der Waals surface area contributed by atoms with Crippen molar-refractivity contribution in [3.63, 3.8) is 0 Å². The number of halogens is 2. The van der Waals surface area contributed by atoms with E-state index in [0.717, 1.165) is 0 Å². The first kappa shape index (κ1) is 13.0. The molecule has 0 aromatic heterocycles. The molecule has 1 rings (SSSR count). The third-order valence-corrected chi connectivity index (χ3v) is 2.57. The fraction of sp³-hybridized carbons (Fsp3) is 0.417. The van der Waals surface area contributed by atoms with Crippen molar-refractivity contribution in [3.8, 4) is 0 Å². The van der Waals surface area contributed by atoms with E-state index in [-0.39, 0.29) is 17.8 Å². The van der Waals surface area contributed by atoms with E-state index < -0.39 is 0 Å². The molecule has 0 fully saturated rings. The van der Waals surface area contributed by atoms with Crippen LogP contribution in [0.15, 0.2) is 18.2 Å². The Morgan fingerprint density at radius 3 is 2.81 bits per heavy atom. The van der Waals surface area contributed by atoms with Gasteiger partial charge < -0.3 is 5.32 Å². The first-order valence-electron chi connectivity index (χ1n) is 5.17. The van der Waals surface area contributed by atoms with Crippen molar-refractivity contribution in [2.45, 2.75) is 26.3 Å². The van der Waals surface area contributed by atoms with Crippen molar-refractivity contribution in [1.29, 1.82) is 0 Å². The number of rotatable bonds is 4. The van der Waals surface area contributed by atoms with Crippen molar-refractivity contribution in [1.82, 2.24) is 5.32 Å². The molecule has 1 amide bonds.